The van der Waals surface area contributed by atoms with Crippen LogP contribution in [0.3, 0.4) is 0 Å². The molecular weight excluding hydrogens is 284 g/mol. The Morgan fingerprint density at radius 2 is 2.37 bits per heavy atom. The molecule has 1 aromatic heterocycles. The highest BCUT2D eigenvalue weighted by molar-refractivity contribution is 7.99. The number of hydrogen-bond donors (Lipinski definition) is 1. The van der Waals surface area contributed by atoms with Crippen LogP contribution in [0.1, 0.15) is 10.7 Å². The first-order valence-electron chi connectivity index (χ1n) is 5.44. The normalized spacial score (nSPS) is 9.89. The van der Waals surface area contributed by atoms with Gasteiger partial charge < -0.3 is 10.0 Å². The fraction of sp³-hybridized carbons (Fsp3) is 0.417. The molecule has 0 saturated carbocycles. The summed E-state index contributed by atoms with van der Waals surface area (Å²) in [6.07, 6.45) is 5.11. The zero-order valence-electron chi connectivity index (χ0n) is 10.5. The van der Waals surface area contributed by atoms with Crippen LogP contribution in [0.2, 0.25) is 0 Å². The van der Waals surface area contributed by atoms with Crippen LogP contribution < -0.4 is 0 Å². The summed E-state index contributed by atoms with van der Waals surface area (Å²) < 4.78 is 0. The maximum absolute atomic E-state index is 11.8. The summed E-state index contributed by atoms with van der Waals surface area (Å²) in [5.41, 5.74) is 0.932. The van der Waals surface area contributed by atoms with E-state index in [1.54, 1.807) is 11.3 Å². The van der Waals surface area contributed by atoms with Crippen LogP contribution in [0.4, 0.5) is 0 Å². The summed E-state index contributed by atoms with van der Waals surface area (Å²) >= 11 is 2.96. The molecule has 0 aromatic carbocycles. The van der Waals surface area contributed by atoms with Crippen LogP contribution in [0.5, 0.6) is 0 Å². The Morgan fingerprint density at radius 3 is 2.89 bits per heavy atom. The Labute approximate surface area is 120 Å². The van der Waals surface area contributed by atoms with E-state index in [1.807, 2.05) is 12.3 Å². The molecule has 0 fully saturated rings. The molecule has 19 heavy (non-hydrogen) atoms. The largest absolute Gasteiger partial charge is 0.480 e. The number of carboxylic acid groups (broad SMARTS) is 1. The summed E-state index contributed by atoms with van der Waals surface area (Å²) in [4.78, 5) is 27.8. The molecule has 0 bridgehead atoms. The predicted molar refractivity (Wildman–Crippen MR) is 76.1 cm³/mol. The number of carbonyl (C=O) groups is 2. The lowest BCUT2D eigenvalue weighted by atomic mass is 10.4. The maximum Gasteiger partial charge on any atom is 0.323 e. The van der Waals surface area contributed by atoms with Gasteiger partial charge in [0, 0.05) is 11.1 Å². The molecule has 0 radical (unpaired) electrons. The molecule has 7 heteroatoms. The second-order valence-electron chi connectivity index (χ2n) is 3.70. The van der Waals surface area contributed by atoms with Gasteiger partial charge in [0.1, 0.15) is 6.54 Å². The van der Waals surface area contributed by atoms with Gasteiger partial charge in [-0.15, -0.1) is 29.5 Å². The van der Waals surface area contributed by atoms with Gasteiger partial charge in [-0.25, -0.2) is 4.98 Å². The lowest BCUT2D eigenvalue weighted by Crippen LogP contribution is -2.37. The second kappa shape index (κ2) is 7.81. The van der Waals surface area contributed by atoms with Crippen LogP contribution >= 0.6 is 23.1 Å². The van der Waals surface area contributed by atoms with E-state index in [0.29, 0.717) is 5.75 Å². The third kappa shape index (κ3) is 5.77. The van der Waals surface area contributed by atoms with E-state index in [4.69, 9.17) is 11.5 Å². The number of hydrogen-bond acceptors (Lipinski definition) is 5. The van der Waals surface area contributed by atoms with Crippen molar-refractivity contribution in [2.75, 3.05) is 18.8 Å². The first kappa shape index (κ1) is 15.5. The molecule has 1 heterocycles. The highest BCUT2D eigenvalue weighted by atomic mass is 32.2. The SMILES string of the molecule is C#CCN(CC(=O)O)C(=O)CSCc1csc(C)n1. The van der Waals surface area contributed by atoms with E-state index in [-0.39, 0.29) is 24.7 Å². The van der Waals surface area contributed by atoms with Gasteiger partial charge in [0.05, 0.1) is 23.0 Å². The number of terminal acetylenes is 1. The van der Waals surface area contributed by atoms with Gasteiger partial charge in [-0.05, 0) is 6.92 Å². The van der Waals surface area contributed by atoms with E-state index in [0.717, 1.165) is 15.6 Å². The van der Waals surface area contributed by atoms with Crippen molar-refractivity contribution in [3.05, 3.63) is 16.1 Å². The molecule has 0 atom stereocenters. The molecular formula is C12H14N2O3S2. The quantitative estimate of drug-likeness (QED) is 0.767. The second-order valence-corrected chi connectivity index (χ2v) is 5.75. The van der Waals surface area contributed by atoms with Gasteiger partial charge in [0.2, 0.25) is 5.91 Å². The molecule has 0 saturated heterocycles. The minimum Gasteiger partial charge on any atom is -0.480 e. The van der Waals surface area contributed by atoms with E-state index in [1.165, 1.54) is 11.8 Å². The van der Waals surface area contributed by atoms with Gasteiger partial charge in [-0.3, -0.25) is 9.59 Å². The summed E-state index contributed by atoms with van der Waals surface area (Å²) in [6, 6.07) is 0. The van der Waals surface area contributed by atoms with E-state index >= 15 is 0 Å². The smallest absolute Gasteiger partial charge is 0.323 e. The van der Waals surface area contributed by atoms with Crippen molar-refractivity contribution in [1.29, 1.82) is 0 Å². The number of thiazole rings is 1. The Balaban J connectivity index is 2.39. The molecule has 1 rings (SSSR count). The lowest BCUT2D eigenvalue weighted by molar-refractivity contribution is -0.143. The topological polar surface area (TPSA) is 70.5 Å². The summed E-state index contributed by atoms with van der Waals surface area (Å²) in [6.45, 7) is 1.58. The predicted octanol–water partition coefficient (Wildman–Crippen LogP) is 1.23. The fourth-order valence-corrected chi connectivity index (χ4v) is 2.85. The van der Waals surface area contributed by atoms with Crippen LogP contribution in [-0.2, 0) is 15.3 Å². The number of nitrogens with zero attached hydrogens (tertiary/aromatic N) is 2. The Hall–Kier alpha value is -1.52. The molecule has 1 aromatic rings. The van der Waals surface area contributed by atoms with Crippen molar-refractivity contribution < 1.29 is 14.7 Å². The Morgan fingerprint density at radius 1 is 1.63 bits per heavy atom. The number of amides is 1. The molecule has 5 nitrogen and oxygen atoms in total. The molecule has 1 N–H and O–H groups in total. The van der Waals surface area contributed by atoms with Crippen LogP contribution in [0, 0.1) is 19.3 Å². The number of aromatic nitrogens is 1. The molecule has 0 unspecified atom stereocenters. The van der Waals surface area contributed by atoms with Gasteiger partial charge in [-0.2, -0.15) is 0 Å². The van der Waals surface area contributed by atoms with Crippen molar-refractivity contribution in [2.45, 2.75) is 12.7 Å². The maximum atomic E-state index is 11.8. The summed E-state index contributed by atoms with van der Waals surface area (Å²) in [5, 5.41) is 11.6. The van der Waals surface area contributed by atoms with Crippen LogP contribution in [-0.4, -0.2) is 45.7 Å². The minimum atomic E-state index is -1.07. The van der Waals surface area contributed by atoms with E-state index in [2.05, 4.69) is 10.9 Å². The molecule has 0 aliphatic carbocycles. The number of aliphatic carboxylic acids is 1. The van der Waals surface area contributed by atoms with Gasteiger partial charge in [0.15, 0.2) is 0 Å². The first-order chi connectivity index (χ1) is 9.02. The number of rotatable bonds is 7. The van der Waals surface area contributed by atoms with Gasteiger partial charge in [-0.1, -0.05) is 5.92 Å². The standard InChI is InChI=1S/C12H14N2O3S2/c1-3-4-14(5-12(16)17)11(15)8-18-6-10-7-19-9(2)13-10/h1,7H,4-6,8H2,2H3,(H,16,17). The molecule has 0 aliphatic heterocycles. The highest BCUT2D eigenvalue weighted by Gasteiger charge is 2.15. The molecule has 0 spiro atoms. The summed E-state index contributed by atoms with van der Waals surface area (Å²) in [5.74, 6) is 1.79. The number of aryl methyl sites for hydroxylation is 1. The lowest BCUT2D eigenvalue weighted by Gasteiger charge is -2.17. The van der Waals surface area contributed by atoms with Crippen LogP contribution in [0.15, 0.2) is 5.38 Å². The average molecular weight is 298 g/mol. The van der Waals surface area contributed by atoms with Crippen LogP contribution in [0.25, 0.3) is 0 Å². The van der Waals surface area contributed by atoms with Crippen molar-refractivity contribution in [3.63, 3.8) is 0 Å². The zero-order chi connectivity index (χ0) is 14.3. The van der Waals surface area contributed by atoms with Crippen molar-refractivity contribution >= 4 is 35.0 Å². The zero-order valence-corrected chi connectivity index (χ0v) is 12.1. The third-order valence-corrected chi connectivity index (χ3v) is 3.88. The first-order valence-corrected chi connectivity index (χ1v) is 7.48. The van der Waals surface area contributed by atoms with Gasteiger partial charge in [0.25, 0.3) is 0 Å². The fourth-order valence-electron chi connectivity index (χ4n) is 1.31. The van der Waals surface area contributed by atoms with Crippen molar-refractivity contribution in [3.8, 4) is 12.3 Å². The Kier molecular flexibility index (Phi) is 6.39. The third-order valence-electron chi connectivity index (χ3n) is 2.10. The van der Waals surface area contributed by atoms with E-state index in [9.17, 15) is 9.59 Å². The number of carboxylic acids is 1. The molecule has 0 aliphatic rings. The van der Waals surface area contributed by atoms with Crippen molar-refractivity contribution in [2.24, 2.45) is 0 Å². The monoisotopic (exact) mass is 298 g/mol. The number of carbonyl (C=O) groups excluding carboxylic acids is 1. The highest BCUT2D eigenvalue weighted by Crippen LogP contribution is 2.15. The minimum absolute atomic E-state index is 0.0154. The van der Waals surface area contributed by atoms with Crippen molar-refractivity contribution in [1.82, 2.24) is 9.88 Å². The van der Waals surface area contributed by atoms with Gasteiger partial charge >= 0.3 is 5.97 Å². The Bertz CT molecular complexity index is 493. The molecule has 1 amide bonds. The average Bonchev–Trinajstić information content (AvgIpc) is 2.74. The van der Waals surface area contributed by atoms with E-state index < -0.39 is 5.97 Å². The number of thioether (sulfide) groups is 1. The molecule has 102 valence electrons. The summed E-state index contributed by atoms with van der Waals surface area (Å²) in [7, 11) is 0.